The molecule has 7 rings (SSSR count). The first-order valence-corrected chi connectivity index (χ1v) is 16.2. The van der Waals surface area contributed by atoms with Crippen LogP contribution in [-0.2, 0) is 19.2 Å². The second-order valence-corrected chi connectivity index (χ2v) is 13.3. The Morgan fingerprint density at radius 1 is 0.761 bits per heavy atom. The number of benzene rings is 3. The lowest BCUT2D eigenvalue weighted by molar-refractivity contribution is -0.126. The molecular weight excluding hydrogens is 627 g/mol. The number of ether oxygens (including phenoxy) is 1. The van der Waals surface area contributed by atoms with Crippen LogP contribution in [0.4, 0.5) is 11.4 Å². The monoisotopic (exact) mass is 658 g/mol. The van der Waals surface area contributed by atoms with Gasteiger partial charge >= 0.3 is 0 Å². The van der Waals surface area contributed by atoms with E-state index >= 15 is 0 Å². The minimum absolute atomic E-state index is 0.0485. The third-order valence-corrected chi connectivity index (χ3v) is 10.9. The summed E-state index contributed by atoms with van der Waals surface area (Å²) in [6.45, 7) is 3.55. The molecule has 3 aromatic carbocycles. The predicted molar refractivity (Wildman–Crippen MR) is 174 cm³/mol. The summed E-state index contributed by atoms with van der Waals surface area (Å²) >= 11 is 12.8. The lowest BCUT2D eigenvalue weighted by Crippen LogP contribution is -2.43. The number of carbonyl (C=O) groups is 4. The number of aliphatic hydroxyl groups is 1. The number of para-hydroxylation sites is 1. The first kappa shape index (κ1) is 30.7. The van der Waals surface area contributed by atoms with Crippen molar-refractivity contribution in [2.45, 2.75) is 32.6 Å². The van der Waals surface area contributed by atoms with Crippen LogP contribution in [-0.4, -0.2) is 41.9 Å². The topological polar surface area (TPSA) is 104 Å². The summed E-state index contributed by atoms with van der Waals surface area (Å²) in [5.74, 6) is -4.68. The zero-order valence-electron chi connectivity index (χ0n) is 25.3. The van der Waals surface area contributed by atoms with E-state index in [2.05, 4.69) is 0 Å². The van der Waals surface area contributed by atoms with Crippen molar-refractivity contribution in [2.24, 2.45) is 29.6 Å². The van der Waals surface area contributed by atoms with Crippen LogP contribution in [0.3, 0.4) is 0 Å². The lowest BCUT2D eigenvalue weighted by atomic mass is 9.57. The summed E-state index contributed by atoms with van der Waals surface area (Å²) in [5, 5.41) is 10.4. The standard InChI is InChI=1S/C36H32Cl2N2O6/c1-18-7-9-20(15-27(18)37)39-33(42)24-12-11-22-25(31(24)35(39)44)17-26-32(30(22)23-5-3-4-6-29(23)46-14-13-41)36(45)40(34(26)43)21-10-8-19(2)28(38)16-21/h3-11,15-16,24-26,30-32,41H,12-14,17H2,1-2H3/t24-,25+,26+,30+,31-,32+/m0/s1. The summed E-state index contributed by atoms with van der Waals surface area (Å²) in [6.07, 6.45) is 2.57. The predicted octanol–water partition coefficient (Wildman–Crippen LogP) is 6.03. The third-order valence-electron chi connectivity index (χ3n) is 10.1. The molecule has 1 N–H and O–H groups in total. The van der Waals surface area contributed by atoms with E-state index in [9.17, 15) is 24.3 Å². The first-order valence-electron chi connectivity index (χ1n) is 15.4. The van der Waals surface area contributed by atoms with Crippen LogP contribution in [0.1, 0.15) is 35.4 Å². The smallest absolute Gasteiger partial charge is 0.238 e. The van der Waals surface area contributed by atoms with Gasteiger partial charge in [0.05, 0.1) is 41.7 Å². The largest absolute Gasteiger partial charge is 0.491 e. The number of nitrogens with zero attached hydrogens (tertiary/aromatic N) is 2. The molecule has 2 heterocycles. The molecule has 2 aliphatic carbocycles. The van der Waals surface area contributed by atoms with Crippen LogP contribution >= 0.6 is 23.2 Å². The Labute approximate surface area is 276 Å². The molecule has 46 heavy (non-hydrogen) atoms. The normalized spacial score (nSPS) is 27.0. The Morgan fingerprint density at radius 3 is 1.96 bits per heavy atom. The minimum atomic E-state index is -0.760. The van der Waals surface area contributed by atoms with Gasteiger partial charge in [-0.15, -0.1) is 0 Å². The van der Waals surface area contributed by atoms with Crippen LogP contribution < -0.4 is 14.5 Å². The van der Waals surface area contributed by atoms with Crippen molar-refractivity contribution in [2.75, 3.05) is 23.0 Å². The van der Waals surface area contributed by atoms with E-state index in [0.717, 1.165) is 16.7 Å². The molecule has 1 saturated carbocycles. The lowest BCUT2D eigenvalue weighted by Gasteiger charge is -2.44. The molecule has 6 atom stereocenters. The van der Waals surface area contributed by atoms with E-state index in [1.54, 1.807) is 42.5 Å². The zero-order chi connectivity index (χ0) is 32.4. The highest BCUT2D eigenvalue weighted by Crippen LogP contribution is 2.59. The van der Waals surface area contributed by atoms with Gasteiger partial charge in [0, 0.05) is 21.5 Å². The molecule has 10 heteroatoms. The highest BCUT2D eigenvalue weighted by molar-refractivity contribution is 6.33. The summed E-state index contributed by atoms with van der Waals surface area (Å²) in [4.78, 5) is 59.2. The molecule has 0 bridgehead atoms. The second-order valence-electron chi connectivity index (χ2n) is 12.5. The number of amides is 4. The van der Waals surface area contributed by atoms with Gasteiger partial charge < -0.3 is 9.84 Å². The van der Waals surface area contributed by atoms with Crippen molar-refractivity contribution in [3.8, 4) is 5.75 Å². The van der Waals surface area contributed by atoms with E-state index in [4.69, 9.17) is 27.9 Å². The fraction of sp³-hybridized carbons (Fsp3) is 0.333. The fourth-order valence-electron chi connectivity index (χ4n) is 7.91. The third kappa shape index (κ3) is 4.69. The Bertz CT molecular complexity index is 1840. The molecule has 4 aliphatic rings. The van der Waals surface area contributed by atoms with Crippen LogP contribution in [0.2, 0.25) is 10.0 Å². The molecule has 2 saturated heterocycles. The van der Waals surface area contributed by atoms with E-state index in [1.807, 2.05) is 38.1 Å². The Kier molecular flexibility index (Phi) is 7.78. The van der Waals surface area contributed by atoms with E-state index in [-0.39, 0.29) is 43.3 Å². The van der Waals surface area contributed by atoms with Gasteiger partial charge in [-0.3, -0.25) is 19.2 Å². The summed E-state index contributed by atoms with van der Waals surface area (Å²) in [5.41, 5.74) is 4.03. The van der Waals surface area contributed by atoms with Gasteiger partial charge in [0.2, 0.25) is 23.6 Å². The first-order chi connectivity index (χ1) is 22.1. The molecule has 3 fully saturated rings. The summed E-state index contributed by atoms with van der Waals surface area (Å²) in [6, 6.07) is 17.6. The van der Waals surface area contributed by atoms with Crippen molar-refractivity contribution in [3.05, 3.63) is 99.0 Å². The maximum Gasteiger partial charge on any atom is 0.238 e. The molecule has 0 radical (unpaired) electrons. The molecule has 8 nitrogen and oxygen atoms in total. The number of aliphatic hydroxyl groups excluding tert-OH is 1. The van der Waals surface area contributed by atoms with Gasteiger partial charge in [0.15, 0.2) is 0 Å². The average molecular weight is 660 g/mol. The number of allylic oxidation sites excluding steroid dienone is 2. The maximum atomic E-state index is 14.4. The quantitative estimate of drug-likeness (QED) is 0.256. The van der Waals surface area contributed by atoms with Crippen molar-refractivity contribution in [3.63, 3.8) is 0 Å². The molecule has 3 aromatic rings. The van der Waals surface area contributed by atoms with Crippen LogP contribution in [0, 0.1) is 43.4 Å². The molecule has 0 spiro atoms. The summed E-state index contributed by atoms with van der Waals surface area (Å²) in [7, 11) is 0. The molecular formula is C36H32Cl2N2O6. The number of imide groups is 2. The maximum absolute atomic E-state index is 14.4. The van der Waals surface area contributed by atoms with Crippen LogP contribution in [0.25, 0.3) is 0 Å². The fourth-order valence-corrected chi connectivity index (χ4v) is 8.26. The Hall–Kier alpha value is -3.98. The van der Waals surface area contributed by atoms with E-state index in [1.165, 1.54) is 9.80 Å². The van der Waals surface area contributed by atoms with Gasteiger partial charge in [0.25, 0.3) is 0 Å². The number of hydrogen-bond donors (Lipinski definition) is 1. The number of carbonyl (C=O) groups excluding carboxylic acids is 4. The number of aryl methyl sites for hydroxylation is 2. The van der Waals surface area contributed by atoms with Gasteiger partial charge in [-0.25, -0.2) is 9.80 Å². The van der Waals surface area contributed by atoms with Gasteiger partial charge in [-0.2, -0.15) is 0 Å². The SMILES string of the molecule is Cc1ccc(N2C(=O)[C@H]3[C@H](CC=C4[C@H]3C[C@H]3C(=O)N(c5ccc(C)c(Cl)c5)C(=O)[C@H]3[C@H]4c3ccccc3OCCO)C2=O)cc1Cl. The average Bonchev–Trinajstić information content (AvgIpc) is 3.45. The number of hydrogen-bond acceptors (Lipinski definition) is 6. The Morgan fingerprint density at radius 2 is 1.35 bits per heavy atom. The summed E-state index contributed by atoms with van der Waals surface area (Å²) < 4.78 is 5.94. The molecule has 0 unspecified atom stereocenters. The Balaban J connectivity index is 1.34. The number of rotatable bonds is 6. The second kappa shape index (κ2) is 11.7. The van der Waals surface area contributed by atoms with Crippen molar-refractivity contribution >= 4 is 58.2 Å². The van der Waals surface area contributed by atoms with Gasteiger partial charge in [-0.1, -0.05) is 65.2 Å². The minimum Gasteiger partial charge on any atom is -0.491 e. The highest BCUT2D eigenvalue weighted by Gasteiger charge is 2.62. The van der Waals surface area contributed by atoms with Crippen LogP contribution in [0.15, 0.2) is 72.3 Å². The van der Waals surface area contributed by atoms with Gasteiger partial charge in [-0.05, 0) is 74.1 Å². The molecule has 0 aromatic heterocycles. The highest BCUT2D eigenvalue weighted by atomic mass is 35.5. The zero-order valence-corrected chi connectivity index (χ0v) is 26.8. The van der Waals surface area contributed by atoms with E-state index in [0.29, 0.717) is 39.2 Å². The molecule has 236 valence electrons. The molecule has 2 aliphatic heterocycles. The number of anilines is 2. The molecule has 4 amide bonds. The van der Waals surface area contributed by atoms with E-state index < -0.39 is 35.5 Å². The van der Waals surface area contributed by atoms with Crippen molar-refractivity contribution in [1.29, 1.82) is 0 Å². The van der Waals surface area contributed by atoms with Gasteiger partial charge in [0.1, 0.15) is 12.4 Å². The number of fused-ring (bicyclic) bond motifs is 4. The van der Waals surface area contributed by atoms with Crippen molar-refractivity contribution < 1.29 is 29.0 Å². The van der Waals surface area contributed by atoms with Crippen LogP contribution in [0.5, 0.6) is 5.75 Å². The van der Waals surface area contributed by atoms with Crippen molar-refractivity contribution in [1.82, 2.24) is 0 Å². The number of halogens is 2.